The average Bonchev–Trinajstić information content (AvgIpc) is 2.50. The van der Waals surface area contributed by atoms with E-state index in [1.807, 2.05) is 0 Å². The third-order valence-electron chi connectivity index (χ3n) is 3.19. The number of aromatic amines is 1. The van der Waals surface area contributed by atoms with Gasteiger partial charge in [-0.25, -0.2) is 4.39 Å². The molecule has 6 heteroatoms. The molecule has 0 radical (unpaired) electrons. The molecule has 0 aliphatic carbocycles. The predicted octanol–water partition coefficient (Wildman–Crippen LogP) is 3.68. The number of hydrogen-bond donors (Lipinski definition) is 2. The fraction of sp³-hybridized carbons (Fsp3) is 0. The first kappa shape index (κ1) is 14.5. The van der Waals surface area contributed by atoms with Crippen molar-refractivity contribution in [1.29, 1.82) is 0 Å². The van der Waals surface area contributed by atoms with E-state index in [0.717, 1.165) is 10.5 Å². The topological polar surface area (TPSA) is 62.0 Å². The van der Waals surface area contributed by atoms with Crippen molar-refractivity contribution in [2.75, 3.05) is 5.32 Å². The first-order valence-electron chi connectivity index (χ1n) is 6.42. The standard InChI is InChI=1S/C16H10BrFN2O2/c17-9-1-4-11(5-2-9)20-16(22)13-8-19-14-6-3-10(18)7-12(14)15(13)21/h1-8H,(H,19,21)(H,20,22). The van der Waals surface area contributed by atoms with E-state index < -0.39 is 17.2 Å². The van der Waals surface area contributed by atoms with Crippen molar-refractivity contribution in [1.82, 2.24) is 4.98 Å². The largest absolute Gasteiger partial charge is 0.360 e. The highest BCUT2D eigenvalue weighted by Gasteiger charge is 2.13. The van der Waals surface area contributed by atoms with Crippen LogP contribution in [0, 0.1) is 5.82 Å². The van der Waals surface area contributed by atoms with Gasteiger partial charge in [-0.05, 0) is 42.5 Å². The highest BCUT2D eigenvalue weighted by molar-refractivity contribution is 9.10. The fourth-order valence-electron chi connectivity index (χ4n) is 2.09. The summed E-state index contributed by atoms with van der Waals surface area (Å²) in [5, 5.41) is 2.77. The van der Waals surface area contributed by atoms with E-state index in [1.165, 1.54) is 18.3 Å². The number of carbonyl (C=O) groups excluding carboxylic acids is 1. The van der Waals surface area contributed by atoms with Gasteiger partial charge >= 0.3 is 0 Å². The van der Waals surface area contributed by atoms with Crippen molar-refractivity contribution < 1.29 is 9.18 Å². The molecule has 1 amide bonds. The Labute approximate surface area is 133 Å². The van der Waals surface area contributed by atoms with Crippen LogP contribution in [0.15, 0.2) is 57.9 Å². The van der Waals surface area contributed by atoms with Gasteiger partial charge in [-0.1, -0.05) is 15.9 Å². The number of aromatic nitrogens is 1. The van der Waals surface area contributed by atoms with Gasteiger partial charge in [0.2, 0.25) is 5.43 Å². The minimum absolute atomic E-state index is 0.0685. The van der Waals surface area contributed by atoms with Gasteiger partial charge in [0.05, 0.1) is 0 Å². The molecule has 0 aliphatic heterocycles. The molecule has 22 heavy (non-hydrogen) atoms. The molecule has 0 fully saturated rings. The van der Waals surface area contributed by atoms with Gasteiger partial charge in [-0.2, -0.15) is 0 Å². The summed E-state index contributed by atoms with van der Waals surface area (Å²) in [7, 11) is 0. The van der Waals surface area contributed by atoms with Crippen LogP contribution in [-0.2, 0) is 0 Å². The minimum atomic E-state index is -0.547. The Balaban J connectivity index is 1.99. The number of hydrogen-bond acceptors (Lipinski definition) is 2. The molecule has 0 unspecified atom stereocenters. The van der Waals surface area contributed by atoms with Crippen molar-refractivity contribution in [3.05, 3.63) is 74.7 Å². The second-order valence-electron chi connectivity index (χ2n) is 4.68. The number of anilines is 1. The quantitative estimate of drug-likeness (QED) is 0.732. The lowest BCUT2D eigenvalue weighted by Gasteiger charge is -2.06. The number of fused-ring (bicyclic) bond motifs is 1. The lowest BCUT2D eigenvalue weighted by atomic mass is 10.1. The third kappa shape index (κ3) is 2.78. The summed E-state index contributed by atoms with van der Waals surface area (Å²) in [6.07, 6.45) is 1.33. The number of halogens is 2. The van der Waals surface area contributed by atoms with Gasteiger partial charge in [0.25, 0.3) is 5.91 Å². The zero-order valence-electron chi connectivity index (χ0n) is 11.2. The summed E-state index contributed by atoms with van der Waals surface area (Å²) in [6.45, 7) is 0. The second-order valence-corrected chi connectivity index (χ2v) is 5.60. The van der Waals surface area contributed by atoms with Gasteiger partial charge in [-0.15, -0.1) is 0 Å². The smallest absolute Gasteiger partial charge is 0.261 e. The van der Waals surface area contributed by atoms with E-state index in [4.69, 9.17) is 0 Å². The predicted molar refractivity (Wildman–Crippen MR) is 86.6 cm³/mol. The molecule has 2 N–H and O–H groups in total. The first-order chi connectivity index (χ1) is 10.5. The van der Waals surface area contributed by atoms with Crippen LogP contribution in [0.1, 0.15) is 10.4 Å². The zero-order chi connectivity index (χ0) is 15.7. The van der Waals surface area contributed by atoms with Crippen molar-refractivity contribution in [2.45, 2.75) is 0 Å². The molecule has 2 aromatic carbocycles. The molecule has 0 saturated carbocycles. The van der Waals surface area contributed by atoms with Gasteiger partial charge in [0.15, 0.2) is 0 Å². The Kier molecular flexibility index (Phi) is 3.77. The van der Waals surface area contributed by atoms with E-state index in [-0.39, 0.29) is 10.9 Å². The number of pyridine rings is 1. The molecule has 1 heterocycles. The zero-order valence-corrected chi connectivity index (χ0v) is 12.8. The van der Waals surface area contributed by atoms with Crippen LogP contribution in [0.5, 0.6) is 0 Å². The van der Waals surface area contributed by atoms with Crippen LogP contribution in [0.2, 0.25) is 0 Å². The summed E-state index contributed by atoms with van der Waals surface area (Å²) in [5.74, 6) is -1.07. The van der Waals surface area contributed by atoms with Crippen LogP contribution in [-0.4, -0.2) is 10.9 Å². The number of carbonyl (C=O) groups is 1. The Morgan fingerprint density at radius 1 is 1.14 bits per heavy atom. The Bertz CT molecular complexity index is 920. The second kappa shape index (κ2) is 5.73. The number of nitrogens with one attached hydrogen (secondary N) is 2. The molecule has 3 rings (SSSR count). The number of benzene rings is 2. The Morgan fingerprint density at radius 2 is 1.86 bits per heavy atom. The molecule has 3 aromatic rings. The SMILES string of the molecule is O=C(Nc1ccc(Br)cc1)c1c[nH]c2ccc(F)cc2c1=O. The summed E-state index contributed by atoms with van der Waals surface area (Å²) < 4.78 is 14.2. The van der Waals surface area contributed by atoms with Gasteiger partial charge in [0.1, 0.15) is 11.4 Å². The van der Waals surface area contributed by atoms with Crippen LogP contribution in [0.25, 0.3) is 10.9 Å². The monoisotopic (exact) mass is 360 g/mol. The molecular formula is C16H10BrFN2O2. The van der Waals surface area contributed by atoms with E-state index in [0.29, 0.717) is 11.2 Å². The van der Waals surface area contributed by atoms with Crippen molar-refractivity contribution >= 4 is 38.4 Å². The Hall–Kier alpha value is -2.47. The molecular weight excluding hydrogens is 351 g/mol. The molecule has 0 aliphatic rings. The van der Waals surface area contributed by atoms with E-state index in [2.05, 4.69) is 26.2 Å². The van der Waals surface area contributed by atoms with Gasteiger partial charge in [0, 0.05) is 27.3 Å². The number of amides is 1. The molecule has 0 saturated heterocycles. The number of rotatable bonds is 2. The molecule has 0 atom stereocenters. The molecule has 0 spiro atoms. The highest BCUT2D eigenvalue weighted by Crippen LogP contribution is 2.15. The van der Waals surface area contributed by atoms with Crippen molar-refractivity contribution in [2.24, 2.45) is 0 Å². The van der Waals surface area contributed by atoms with Crippen molar-refractivity contribution in [3.8, 4) is 0 Å². The molecule has 110 valence electrons. The van der Waals surface area contributed by atoms with Crippen LogP contribution in [0.4, 0.5) is 10.1 Å². The van der Waals surface area contributed by atoms with Crippen molar-refractivity contribution in [3.63, 3.8) is 0 Å². The van der Waals surface area contributed by atoms with Gasteiger partial charge < -0.3 is 10.3 Å². The van der Waals surface area contributed by atoms with Crippen LogP contribution < -0.4 is 10.7 Å². The van der Waals surface area contributed by atoms with E-state index in [9.17, 15) is 14.0 Å². The fourth-order valence-corrected chi connectivity index (χ4v) is 2.36. The Morgan fingerprint density at radius 3 is 2.59 bits per heavy atom. The van der Waals surface area contributed by atoms with E-state index >= 15 is 0 Å². The maximum Gasteiger partial charge on any atom is 0.261 e. The third-order valence-corrected chi connectivity index (χ3v) is 3.72. The van der Waals surface area contributed by atoms with Gasteiger partial charge in [-0.3, -0.25) is 9.59 Å². The summed E-state index contributed by atoms with van der Waals surface area (Å²) in [5.41, 5.74) is 0.461. The maximum absolute atomic E-state index is 13.3. The molecule has 0 bridgehead atoms. The lowest BCUT2D eigenvalue weighted by molar-refractivity contribution is 0.102. The lowest BCUT2D eigenvalue weighted by Crippen LogP contribution is -2.22. The molecule has 4 nitrogen and oxygen atoms in total. The summed E-state index contributed by atoms with van der Waals surface area (Å²) >= 11 is 3.30. The van der Waals surface area contributed by atoms with Crippen LogP contribution >= 0.6 is 15.9 Å². The summed E-state index contributed by atoms with van der Waals surface area (Å²) in [6, 6.07) is 10.8. The highest BCUT2D eigenvalue weighted by atomic mass is 79.9. The minimum Gasteiger partial charge on any atom is -0.360 e. The maximum atomic E-state index is 13.3. The van der Waals surface area contributed by atoms with E-state index in [1.54, 1.807) is 24.3 Å². The first-order valence-corrected chi connectivity index (χ1v) is 7.22. The average molecular weight is 361 g/mol. The molecule has 1 aromatic heterocycles. The van der Waals surface area contributed by atoms with Crippen LogP contribution in [0.3, 0.4) is 0 Å². The summed E-state index contributed by atoms with van der Waals surface area (Å²) in [4.78, 5) is 27.4. The normalized spacial score (nSPS) is 10.6. The number of H-pyrrole nitrogens is 1.